The van der Waals surface area contributed by atoms with E-state index in [1.54, 1.807) is 24.3 Å². The van der Waals surface area contributed by atoms with Gasteiger partial charge in [-0.25, -0.2) is 0 Å². The standard InChI is InChI=1S/C16H15N3O4/c1-2-7-23-10-5-3-9(4-6-10)19-12(20)8-11-13(14(19)17)16(22)18-15(11)21/h3-6,8H,2,7,17H2,1H3,(H,18,21,22). The molecular weight excluding hydrogens is 298 g/mol. The van der Waals surface area contributed by atoms with Gasteiger partial charge in [-0.1, -0.05) is 6.92 Å². The second kappa shape index (κ2) is 5.60. The summed E-state index contributed by atoms with van der Waals surface area (Å²) in [6.07, 6.45) is 0.891. The highest BCUT2D eigenvalue weighted by molar-refractivity contribution is 6.23. The molecule has 7 nitrogen and oxygen atoms in total. The number of fused-ring (bicyclic) bond motifs is 1. The number of nitrogens with one attached hydrogen (secondary N) is 1. The van der Waals surface area contributed by atoms with E-state index in [4.69, 9.17) is 10.5 Å². The van der Waals surface area contributed by atoms with E-state index in [1.807, 2.05) is 6.92 Å². The smallest absolute Gasteiger partial charge is 0.262 e. The normalized spacial score (nSPS) is 12.9. The molecule has 0 unspecified atom stereocenters. The summed E-state index contributed by atoms with van der Waals surface area (Å²) in [6, 6.07) is 7.89. The molecule has 0 saturated carbocycles. The molecule has 0 atom stereocenters. The summed E-state index contributed by atoms with van der Waals surface area (Å²) in [5.74, 6) is -0.585. The van der Waals surface area contributed by atoms with Crippen LogP contribution in [0, 0.1) is 0 Å². The van der Waals surface area contributed by atoms with Crippen LogP contribution in [0.25, 0.3) is 5.69 Å². The minimum atomic E-state index is -0.607. The fraction of sp³-hybridized carbons (Fsp3) is 0.188. The van der Waals surface area contributed by atoms with Crippen molar-refractivity contribution in [2.45, 2.75) is 13.3 Å². The van der Waals surface area contributed by atoms with Crippen LogP contribution in [0.3, 0.4) is 0 Å². The van der Waals surface area contributed by atoms with Gasteiger partial charge in [-0.3, -0.25) is 24.3 Å². The van der Waals surface area contributed by atoms with Gasteiger partial charge in [0.1, 0.15) is 11.6 Å². The van der Waals surface area contributed by atoms with E-state index in [0.717, 1.165) is 12.5 Å². The lowest BCUT2D eigenvalue weighted by Gasteiger charge is -2.12. The molecule has 0 spiro atoms. The molecular formula is C16H15N3O4. The summed E-state index contributed by atoms with van der Waals surface area (Å²) >= 11 is 0. The maximum atomic E-state index is 12.3. The van der Waals surface area contributed by atoms with Gasteiger partial charge in [-0.2, -0.15) is 0 Å². The summed E-state index contributed by atoms with van der Waals surface area (Å²) in [5.41, 5.74) is 6.01. The topological polar surface area (TPSA) is 103 Å². The number of rotatable bonds is 4. The van der Waals surface area contributed by atoms with Gasteiger partial charge in [0.2, 0.25) is 0 Å². The number of pyridine rings is 1. The van der Waals surface area contributed by atoms with Crippen molar-refractivity contribution in [3.63, 3.8) is 0 Å². The number of carbonyl (C=O) groups excluding carboxylic acids is 2. The molecule has 1 aromatic carbocycles. The van der Waals surface area contributed by atoms with Crippen LogP contribution in [0.1, 0.15) is 34.1 Å². The molecule has 0 saturated heterocycles. The third-order valence-electron chi connectivity index (χ3n) is 3.52. The fourth-order valence-electron chi connectivity index (χ4n) is 2.46. The lowest BCUT2D eigenvalue weighted by molar-refractivity contribution is 0.0880. The minimum Gasteiger partial charge on any atom is -0.494 e. The summed E-state index contributed by atoms with van der Waals surface area (Å²) in [4.78, 5) is 35.7. The van der Waals surface area contributed by atoms with Gasteiger partial charge in [0.05, 0.1) is 23.4 Å². The van der Waals surface area contributed by atoms with Crippen LogP contribution < -0.4 is 21.3 Å². The Labute approximate surface area is 131 Å². The lowest BCUT2D eigenvalue weighted by atomic mass is 10.1. The first-order valence-electron chi connectivity index (χ1n) is 7.17. The highest BCUT2D eigenvalue weighted by atomic mass is 16.5. The molecule has 1 aromatic heterocycles. The first-order chi connectivity index (χ1) is 11.0. The molecule has 1 aliphatic heterocycles. The van der Waals surface area contributed by atoms with Crippen LogP contribution >= 0.6 is 0 Å². The first-order valence-corrected chi connectivity index (χ1v) is 7.17. The monoisotopic (exact) mass is 313 g/mol. The van der Waals surface area contributed by atoms with E-state index < -0.39 is 17.4 Å². The number of anilines is 1. The second-order valence-corrected chi connectivity index (χ2v) is 5.12. The summed E-state index contributed by atoms with van der Waals surface area (Å²) in [5, 5.41) is 2.13. The molecule has 23 heavy (non-hydrogen) atoms. The lowest BCUT2D eigenvalue weighted by Crippen LogP contribution is -2.24. The minimum absolute atomic E-state index is 0.0108. The fourth-order valence-corrected chi connectivity index (χ4v) is 2.46. The molecule has 7 heteroatoms. The number of imide groups is 1. The number of nitrogen functional groups attached to an aromatic ring is 1. The average molecular weight is 313 g/mol. The highest BCUT2D eigenvalue weighted by Crippen LogP contribution is 2.23. The van der Waals surface area contributed by atoms with Gasteiger partial charge in [-0.05, 0) is 30.7 Å². The number of hydrogen-bond donors (Lipinski definition) is 2. The van der Waals surface area contributed by atoms with Crippen molar-refractivity contribution in [1.29, 1.82) is 0 Å². The maximum absolute atomic E-state index is 12.3. The van der Waals surface area contributed by atoms with Crippen LogP contribution in [-0.2, 0) is 0 Å². The summed E-state index contributed by atoms with van der Waals surface area (Å²) in [7, 11) is 0. The van der Waals surface area contributed by atoms with E-state index in [1.165, 1.54) is 4.57 Å². The molecule has 3 rings (SSSR count). The van der Waals surface area contributed by atoms with Gasteiger partial charge in [0.25, 0.3) is 17.4 Å². The number of nitrogens with zero attached hydrogens (tertiary/aromatic N) is 1. The highest BCUT2D eigenvalue weighted by Gasteiger charge is 2.31. The number of benzene rings is 1. The van der Waals surface area contributed by atoms with Crippen molar-refractivity contribution in [3.05, 3.63) is 51.8 Å². The molecule has 2 amide bonds. The summed E-state index contributed by atoms with van der Waals surface area (Å²) in [6.45, 7) is 2.61. The number of carbonyl (C=O) groups is 2. The maximum Gasteiger partial charge on any atom is 0.262 e. The van der Waals surface area contributed by atoms with Crippen molar-refractivity contribution in [1.82, 2.24) is 9.88 Å². The molecule has 1 aliphatic rings. The molecule has 2 aromatic rings. The van der Waals surface area contributed by atoms with Crippen LogP contribution in [0.5, 0.6) is 5.75 Å². The third-order valence-corrected chi connectivity index (χ3v) is 3.52. The molecule has 3 N–H and O–H groups in total. The van der Waals surface area contributed by atoms with Crippen molar-refractivity contribution in [2.75, 3.05) is 12.3 Å². The van der Waals surface area contributed by atoms with Crippen LogP contribution in [0.2, 0.25) is 0 Å². The average Bonchev–Trinajstić information content (AvgIpc) is 2.81. The first kappa shape index (κ1) is 14.8. The Morgan fingerprint density at radius 1 is 1.13 bits per heavy atom. The molecule has 0 bridgehead atoms. The number of ether oxygens (including phenoxy) is 1. The Bertz CT molecular complexity index is 853. The largest absolute Gasteiger partial charge is 0.494 e. The Morgan fingerprint density at radius 3 is 2.48 bits per heavy atom. The van der Waals surface area contributed by atoms with Crippen LogP contribution in [0.4, 0.5) is 5.82 Å². The van der Waals surface area contributed by atoms with Crippen molar-refractivity contribution in [3.8, 4) is 11.4 Å². The quantitative estimate of drug-likeness (QED) is 0.822. The second-order valence-electron chi connectivity index (χ2n) is 5.12. The van der Waals surface area contributed by atoms with E-state index >= 15 is 0 Å². The number of aromatic nitrogens is 1. The van der Waals surface area contributed by atoms with Gasteiger partial charge in [0, 0.05) is 6.07 Å². The predicted octanol–water partition coefficient (Wildman–Crippen LogP) is 1.09. The third kappa shape index (κ3) is 2.46. The molecule has 0 fully saturated rings. The molecule has 2 heterocycles. The van der Waals surface area contributed by atoms with E-state index in [2.05, 4.69) is 5.32 Å². The molecule has 0 aliphatic carbocycles. The van der Waals surface area contributed by atoms with Crippen molar-refractivity contribution >= 4 is 17.6 Å². The Balaban J connectivity index is 2.07. The van der Waals surface area contributed by atoms with Crippen LogP contribution in [-0.4, -0.2) is 23.0 Å². The van der Waals surface area contributed by atoms with Crippen molar-refractivity contribution < 1.29 is 14.3 Å². The number of amides is 2. The number of hydrogen-bond acceptors (Lipinski definition) is 5. The molecule has 0 radical (unpaired) electrons. The summed E-state index contributed by atoms with van der Waals surface area (Å²) < 4.78 is 6.68. The Morgan fingerprint density at radius 2 is 1.83 bits per heavy atom. The SMILES string of the molecule is CCCOc1ccc(-n2c(N)c3c(cc2=O)C(=O)NC3=O)cc1. The molecule has 118 valence electrons. The van der Waals surface area contributed by atoms with E-state index in [0.29, 0.717) is 18.0 Å². The van der Waals surface area contributed by atoms with E-state index in [-0.39, 0.29) is 16.9 Å². The van der Waals surface area contributed by atoms with Gasteiger partial charge < -0.3 is 10.5 Å². The number of nitrogens with two attached hydrogens (primary N) is 1. The van der Waals surface area contributed by atoms with Crippen LogP contribution in [0.15, 0.2) is 35.1 Å². The Kier molecular flexibility index (Phi) is 3.61. The zero-order chi connectivity index (χ0) is 16.6. The predicted molar refractivity (Wildman–Crippen MR) is 84.0 cm³/mol. The zero-order valence-electron chi connectivity index (χ0n) is 12.5. The van der Waals surface area contributed by atoms with E-state index in [9.17, 15) is 14.4 Å². The zero-order valence-corrected chi connectivity index (χ0v) is 12.5. The Hall–Kier alpha value is -3.09. The van der Waals surface area contributed by atoms with Gasteiger partial charge in [0.15, 0.2) is 0 Å². The van der Waals surface area contributed by atoms with Crippen molar-refractivity contribution in [2.24, 2.45) is 0 Å². The van der Waals surface area contributed by atoms with Gasteiger partial charge in [-0.15, -0.1) is 0 Å². The van der Waals surface area contributed by atoms with Gasteiger partial charge >= 0.3 is 0 Å².